The van der Waals surface area contributed by atoms with E-state index in [0.717, 1.165) is 36.3 Å². The van der Waals surface area contributed by atoms with Gasteiger partial charge in [-0.1, -0.05) is 6.07 Å². The number of allylic oxidation sites excluding steroid dienone is 1. The Balaban J connectivity index is 1.96. The zero-order valence-corrected chi connectivity index (χ0v) is 12.5. The summed E-state index contributed by atoms with van der Waals surface area (Å²) in [6, 6.07) is 5.75. The van der Waals surface area contributed by atoms with Crippen LogP contribution >= 0.6 is 0 Å². The molecule has 1 amide bonds. The maximum Gasteiger partial charge on any atom is 0.411 e. The molecular formula is C16H22N2O3. The summed E-state index contributed by atoms with van der Waals surface area (Å²) in [6.45, 7) is 4.85. The number of rotatable bonds is 5. The Morgan fingerprint density at radius 1 is 1.43 bits per heavy atom. The van der Waals surface area contributed by atoms with E-state index in [4.69, 9.17) is 9.47 Å². The number of amides is 1. The summed E-state index contributed by atoms with van der Waals surface area (Å²) in [5.74, 6) is 0. The van der Waals surface area contributed by atoms with Gasteiger partial charge < -0.3 is 14.8 Å². The molecule has 1 aromatic carbocycles. The van der Waals surface area contributed by atoms with E-state index >= 15 is 0 Å². The van der Waals surface area contributed by atoms with Crippen molar-refractivity contribution < 1.29 is 14.3 Å². The van der Waals surface area contributed by atoms with Crippen LogP contribution < -0.4 is 10.6 Å². The molecule has 0 bridgehead atoms. The van der Waals surface area contributed by atoms with Crippen LogP contribution in [0.4, 0.5) is 16.2 Å². The summed E-state index contributed by atoms with van der Waals surface area (Å²) in [7, 11) is 0. The summed E-state index contributed by atoms with van der Waals surface area (Å²) in [5, 5.41) is 6.12. The van der Waals surface area contributed by atoms with Gasteiger partial charge in [0.1, 0.15) is 6.10 Å². The van der Waals surface area contributed by atoms with Gasteiger partial charge in [-0.2, -0.15) is 0 Å². The summed E-state index contributed by atoms with van der Waals surface area (Å²) < 4.78 is 10.4. The monoisotopic (exact) mass is 290 g/mol. The molecule has 0 aliphatic carbocycles. The van der Waals surface area contributed by atoms with Gasteiger partial charge in [-0.3, -0.25) is 5.32 Å². The van der Waals surface area contributed by atoms with Crippen LogP contribution in [0.3, 0.4) is 0 Å². The lowest BCUT2D eigenvalue weighted by Gasteiger charge is -2.21. The summed E-state index contributed by atoms with van der Waals surface area (Å²) >= 11 is 0. The third-order valence-electron chi connectivity index (χ3n) is 3.39. The molecule has 0 saturated carbocycles. The van der Waals surface area contributed by atoms with E-state index < -0.39 is 6.09 Å². The molecule has 1 heterocycles. The molecule has 5 heteroatoms. The fraction of sp³-hybridized carbons (Fsp3) is 0.438. The van der Waals surface area contributed by atoms with Crippen molar-refractivity contribution in [1.82, 2.24) is 0 Å². The molecule has 1 aliphatic rings. The largest absolute Gasteiger partial charge is 0.497 e. The molecule has 0 spiro atoms. The molecule has 1 unspecified atom stereocenters. The summed E-state index contributed by atoms with van der Waals surface area (Å²) in [4.78, 5) is 11.5. The minimum Gasteiger partial charge on any atom is -0.497 e. The van der Waals surface area contributed by atoms with Crippen molar-refractivity contribution in [2.75, 3.05) is 23.8 Å². The van der Waals surface area contributed by atoms with Crippen LogP contribution in [0.2, 0.25) is 0 Å². The van der Waals surface area contributed by atoms with E-state index in [0.29, 0.717) is 6.61 Å². The van der Waals surface area contributed by atoms with Gasteiger partial charge in [0.2, 0.25) is 0 Å². The van der Waals surface area contributed by atoms with Crippen molar-refractivity contribution in [3.63, 3.8) is 0 Å². The van der Waals surface area contributed by atoms with Crippen LogP contribution in [-0.2, 0) is 9.47 Å². The van der Waals surface area contributed by atoms with Gasteiger partial charge in [0, 0.05) is 11.4 Å². The summed E-state index contributed by atoms with van der Waals surface area (Å²) in [6.07, 6.45) is 5.63. The van der Waals surface area contributed by atoms with E-state index in [1.165, 1.54) is 0 Å². The Kier molecular flexibility index (Phi) is 5.49. The Hall–Kier alpha value is -2.17. The van der Waals surface area contributed by atoms with Gasteiger partial charge in [0.05, 0.1) is 19.4 Å². The smallest absolute Gasteiger partial charge is 0.411 e. The third kappa shape index (κ3) is 4.41. The van der Waals surface area contributed by atoms with Gasteiger partial charge in [-0.25, -0.2) is 4.79 Å². The predicted octanol–water partition coefficient (Wildman–Crippen LogP) is 3.67. The zero-order chi connectivity index (χ0) is 15.1. The second-order valence-electron chi connectivity index (χ2n) is 4.91. The Morgan fingerprint density at radius 2 is 2.24 bits per heavy atom. The Morgan fingerprint density at radius 3 is 2.95 bits per heavy atom. The first-order valence-electron chi connectivity index (χ1n) is 7.28. The highest BCUT2D eigenvalue weighted by Crippen LogP contribution is 2.24. The van der Waals surface area contributed by atoms with Gasteiger partial charge in [0.15, 0.2) is 0 Å². The number of hydrogen-bond acceptors (Lipinski definition) is 4. The maximum absolute atomic E-state index is 11.5. The van der Waals surface area contributed by atoms with Gasteiger partial charge >= 0.3 is 6.09 Å². The first-order valence-corrected chi connectivity index (χ1v) is 7.28. The number of anilines is 2. The van der Waals surface area contributed by atoms with Crippen LogP contribution in [0.15, 0.2) is 30.5 Å². The van der Waals surface area contributed by atoms with Gasteiger partial charge in [-0.05, 0) is 50.5 Å². The highest BCUT2D eigenvalue weighted by molar-refractivity contribution is 5.87. The topological polar surface area (TPSA) is 59.6 Å². The average molecular weight is 290 g/mol. The quantitative estimate of drug-likeness (QED) is 0.868. The van der Waals surface area contributed by atoms with Crippen molar-refractivity contribution in [3.8, 4) is 0 Å². The molecule has 5 nitrogen and oxygen atoms in total. The molecule has 2 N–H and O–H groups in total. The minimum atomic E-state index is -0.432. The second-order valence-corrected chi connectivity index (χ2v) is 4.91. The molecule has 1 atom stereocenters. The molecule has 1 aromatic rings. The summed E-state index contributed by atoms with van der Waals surface area (Å²) in [5.41, 5.74) is 2.72. The van der Waals surface area contributed by atoms with E-state index in [-0.39, 0.29) is 6.10 Å². The van der Waals surface area contributed by atoms with Crippen molar-refractivity contribution in [3.05, 3.63) is 36.1 Å². The van der Waals surface area contributed by atoms with Crippen LogP contribution in [-0.4, -0.2) is 25.3 Å². The van der Waals surface area contributed by atoms with E-state index in [1.54, 1.807) is 13.2 Å². The van der Waals surface area contributed by atoms with Crippen molar-refractivity contribution in [2.24, 2.45) is 0 Å². The van der Waals surface area contributed by atoms with E-state index in [2.05, 4.69) is 10.6 Å². The second kappa shape index (κ2) is 7.57. The SMILES string of the molecule is CCOC(=O)Nc1cccc(NCC2CCC=CO2)c1C. The van der Waals surface area contributed by atoms with Gasteiger partial charge in [-0.15, -0.1) is 0 Å². The molecule has 21 heavy (non-hydrogen) atoms. The van der Waals surface area contributed by atoms with Crippen molar-refractivity contribution >= 4 is 17.5 Å². The van der Waals surface area contributed by atoms with E-state index in [9.17, 15) is 4.79 Å². The maximum atomic E-state index is 11.5. The number of nitrogens with one attached hydrogen (secondary N) is 2. The fourth-order valence-electron chi connectivity index (χ4n) is 2.20. The number of benzene rings is 1. The predicted molar refractivity (Wildman–Crippen MR) is 83.6 cm³/mol. The van der Waals surface area contributed by atoms with Gasteiger partial charge in [0.25, 0.3) is 0 Å². The molecule has 0 saturated heterocycles. The first kappa shape index (κ1) is 15.2. The normalized spacial score (nSPS) is 17.0. The minimum absolute atomic E-state index is 0.191. The standard InChI is InChI=1S/C16H22N2O3/c1-3-20-16(19)18-15-9-6-8-14(12(15)2)17-11-13-7-4-5-10-21-13/h5-6,8-10,13,17H,3-4,7,11H2,1-2H3,(H,18,19). The van der Waals surface area contributed by atoms with Crippen LogP contribution in [0, 0.1) is 6.92 Å². The molecule has 0 fully saturated rings. The lowest BCUT2D eigenvalue weighted by Crippen LogP contribution is -2.23. The Labute approximate surface area is 125 Å². The lowest BCUT2D eigenvalue weighted by molar-refractivity contribution is 0.135. The molecule has 0 radical (unpaired) electrons. The van der Waals surface area contributed by atoms with Crippen molar-refractivity contribution in [1.29, 1.82) is 0 Å². The number of ether oxygens (including phenoxy) is 2. The van der Waals surface area contributed by atoms with Crippen LogP contribution in [0.25, 0.3) is 0 Å². The zero-order valence-electron chi connectivity index (χ0n) is 12.5. The molecule has 2 rings (SSSR count). The molecule has 0 aromatic heterocycles. The number of carbonyl (C=O) groups is 1. The molecule has 114 valence electrons. The Bertz CT molecular complexity index is 514. The van der Waals surface area contributed by atoms with Crippen LogP contribution in [0.1, 0.15) is 25.3 Å². The highest BCUT2D eigenvalue weighted by Gasteiger charge is 2.12. The molecule has 1 aliphatic heterocycles. The first-order chi connectivity index (χ1) is 10.2. The number of carbonyl (C=O) groups excluding carboxylic acids is 1. The lowest BCUT2D eigenvalue weighted by atomic mass is 10.1. The third-order valence-corrected chi connectivity index (χ3v) is 3.39. The fourth-order valence-corrected chi connectivity index (χ4v) is 2.20. The molecular weight excluding hydrogens is 268 g/mol. The van der Waals surface area contributed by atoms with Crippen molar-refractivity contribution in [2.45, 2.75) is 32.8 Å². The average Bonchev–Trinajstić information content (AvgIpc) is 2.49. The van der Waals surface area contributed by atoms with Crippen LogP contribution in [0.5, 0.6) is 0 Å². The highest BCUT2D eigenvalue weighted by atomic mass is 16.5. The van der Waals surface area contributed by atoms with E-state index in [1.807, 2.05) is 31.2 Å². The number of hydrogen-bond donors (Lipinski definition) is 2.